The summed E-state index contributed by atoms with van der Waals surface area (Å²) in [5, 5.41) is 9.74. The second-order valence-electron chi connectivity index (χ2n) is 5.92. The second-order valence-corrected chi connectivity index (χ2v) is 7.54. The quantitative estimate of drug-likeness (QED) is 0.620. The summed E-state index contributed by atoms with van der Waals surface area (Å²) >= 11 is 0. The zero-order valence-corrected chi connectivity index (χ0v) is 16.0. The van der Waals surface area contributed by atoms with Crippen molar-refractivity contribution in [3.63, 3.8) is 0 Å². The van der Waals surface area contributed by atoms with Gasteiger partial charge in [-0.3, -0.25) is 9.71 Å². The molecule has 146 valence electrons. The summed E-state index contributed by atoms with van der Waals surface area (Å²) in [6, 6.07) is 5.76. The van der Waals surface area contributed by atoms with Gasteiger partial charge >= 0.3 is 11.9 Å². The molecule has 10 heteroatoms. The molecule has 3 aromatic rings. The highest BCUT2D eigenvalue weighted by Crippen LogP contribution is 2.31. The van der Waals surface area contributed by atoms with Crippen LogP contribution in [-0.2, 0) is 14.8 Å². The van der Waals surface area contributed by atoms with E-state index in [1.54, 1.807) is 12.1 Å². The van der Waals surface area contributed by atoms with Crippen LogP contribution in [0.4, 0.5) is 5.69 Å². The van der Waals surface area contributed by atoms with Gasteiger partial charge in [-0.15, -0.1) is 0 Å². The van der Waals surface area contributed by atoms with Crippen LogP contribution in [0.15, 0.2) is 39.8 Å². The molecule has 0 atom stereocenters. The molecule has 0 unspecified atom stereocenters. The van der Waals surface area contributed by atoms with Crippen LogP contribution in [0.5, 0.6) is 0 Å². The average Bonchev–Trinajstić information content (AvgIpc) is 2.95. The first-order valence-corrected chi connectivity index (χ1v) is 9.47. The van der Waals surface area contributed by atoms with Gasteiger partial charge in [-0.25, -0.2) is 18.0 Å². The molecule has 0 saturated heterocycles. The van der Waals surface area contributed by atoms with E-state index in [4.69, 9.17) is 4.42 Å². The normalized spacial score (nSPS) is 11.4. The lowest BCUT2D eigenvalue weighted by molar-refractivity contribution is 0.0594. The van der Waals surface area contributed by atoms with E-state index in [0.29, 0.717) is 5.39 Å². The summed E-state index contributed by atoms with van der Waals surface area (Å²) < 4.78 is 38.4. The smallest absolute Gasteiger partial charge is 0.342 e. The number of hydrogen-bond donors (Lipinski definition) is 2. The van der Waals surface area contributed by atoms with Crippen LogP contribution in [0.1, 0.15) is 32.2 Å². The minimum absolute atomic E-state index is 0.00273. The zero-order valence-electron chi connectivity index (χ0n) is 15.1. The number of carboxylic acid groups (broad SMARTS) is 1. The molecule has 0 fully saturated rings. The molecule has 0 amide bonds. The minimum Gasteiger partial charge on any atom is -0.478 e. The number of aryl methyl sites for hydroxylation is 2. The summed E-state index contributed by atoms with van der Waals surface area (Å²) in [5.74, 6) is -2.00. The number of anilines is 1. The first kappa shape index (κ1) is 19.4. The maximum Gasteiger partial charge on any atom is 0.342 e. The highest BCUT2D eigenvalue weighted by molar-refractivity contribution is 7.92. The molecule has 2 N–H and O–H groups in total. The van der Waals surface area contributed by atoms with Gasteiger partial charge in [0.2, 0.25) is 0 Å². The molecule has 3 rings (SSSR count). The van der Waals surface area contributed by atoms with Crippen LogP contribution in [-0.4, -0.2) is 37.6 Å². The van der Waals surface area contributed by atoms with Crippen molar-refractivity contribution in [2.24, 2.45) is 0 Å². The highest BCUT2D eigenvalue weighted by Gasteiger charge is 2.32. The van der Waals surface area contributed by atoms with Gasteiger partial charge in [-0.05, 0) is 32.0 Å². The van der Waals surface area contributed by atoms with Gasteiger partial charge in [0.1, 0.15) is 22.0 Å². The first-order valence-electron chi connectivity index (χ1n) is 7.99. The Morgan fingerprint density at radius 3 is 2.57 bits per heavy atom. The Kier molecular flexibility index (Phi) is 4.82. The second kappa shape index (κ2) is 6.97. The monoisotopic (exact) mass is 404 g/mol. The van der Waals surface area contributed by atoms with E-state index in [0.717, 1.165) is 13.2 Å². The summed E-state index contributed by atoms with van der Waals surface area (Å²) in [5.41, 5.74) is -0.122. The summed E-state index contributed by atoms with van der Waals surface area (Å²) in [4.78, 5) is 27.2. The Morgan fingerprint density at radius 2 is 1.93 bits per heavy atom. The van der Waals surface area contributed by atoms with Crippen LogP contribution in [0.25, 0.3) is 10.9 Å². The molecule has 9 nitrogen and oxygen atoms in total. The number of fused-ring (bicyclic) bond motifs is 1. The van der Waals surface area contributed by atoms with Crippen LogP contribution < -0.4 is 4.72 Å². The van der Waals surface area contributed by atoms with Crippen molar-refractivity contribution >= 4 is 38.6 Å². The van der Waals surface area contributed by atoms with Crippen molar-refractivity contribution in [2.45, 2.75) is 18.7 Å². The number of carbonyl (C=O) groups is 2. The van der Waals surface area contributed by atoms with Crippen molar-refractivity contribution in [2.75, 3.05) is 11.8 Å². The third-order valence-electron chi connectivity index (χ3n) is 4.06. The van der Waals surface area contributed by atoms with Gasteiger partial charge in [0.15, 0.2) is 0 Å². The molecule has 0 aliphatic carbocycles. The number of carboxylic acids is 1. The van der Waals surface area contributed by atoms with Crippen molar-refractivity contribution in [1.29, 1.82) is 0 Å². The number of carbonyl (C=O) groups excluding carboxylic acids is 1. The lowest BCUT2D eigenvalue weighted by atomic mass is 10.1. The van der Waals surface area contributed by atoms with Gasteiger partial charge in [0.25, 0.3) is 10.0 Å². The van der Waals surface area contributed by atoms with Gasteiger partial charge in [-0.2, -0.15) is 0 Å². The van der Waals surface area contributed by atoms with E-state index < -0.39 is 22.0 Å². The number of esters is 1. The fraction of sp³-hybridized carbons (Fsp3) is 0.167. The molecule has 0 radical (unpaired) electrons. The van der Waals surface area contributed by atoms with Crippen LogP contribution in [0, 0.1) is 13.8 Å². The number of hydrogen-bond acceptors (Lipinski definition) is 7. The average molecular weight is 404 g/mol. The van der Waals surface area contributed by atoms with Crippen molar-refractivity contribution in [3.8, 4) is 0 Å². The van der Waals surface area contributed by atoms with Crippen LogP contribution in [0.2, 0.25) is 0 Å². The van der Waals surface area contributed by atoms with Gasteiger partial charge in [0.05, 0.1) is 23.9 Å². The van der Waals surface area contributed by atoms with E-state index in [2.05, 4.69) is 14.4 Å². The molecule has 28 heavy (non-hydrogen) atoms. The maximum absolute atomic E-state index is 13.0. The summed E-state index contributed by atoms with van der Waals surface area (Å²) in [6.45, 7) is 2.85. The van der Waals surface area contributed by atoms with E-state index in [9.17, 15) is 23.1 Å². The Labute approximate surface area is 160 Å². The van der Waals surface area contributed by atoms with E-state index >= 15 is 0 Å². The summed E-state index contributed by atoms with van der Waals surface area (Å²) in [6.07, 6.45) is 1.45. The van der Waals surface area contributed by atoms with Gasteiger partial charge in [-0.1, -0.05) is 6.07 Å². The number of sulfonamides is 1. The Hall–Kier alpha value is -3.40. The lowest BCUT2D eigenvalue weighted by Crippen LogP contribution is -2.18. The maximum atomic E-state index is 13.0. The predicted octanol–water partition coefficient (Wildman–Crippen LogP) is 2.73. The van der Waals surface area contributed by atoms with Crippen LogP contribution in [0.3, 0.4) is 0 Å². The molecular weight excluding hydrogens is 388 g/mol. The molecule has 0 bridgehead atoms. The van der Waals surface area contributed by atoms with Crippen molar-refractivity contribution < 1.29 is 32.3 Å². The van der Waals surface area contributed by atoms with E-state index in [1.165, 1.54) is 26.1 Å². The summed E-state index contributed by atoms with van der Waals surface area (Å²) in [7, 11) is -3.19. The number of nitrogens with one attached hydrogen (secondary N) is 1. The number of aromatic carboxylic acids is 1. The van der Waals surface area contributed by atoms with E-state index in [-0.39, 0.29) is 38.7 Å². The highest BCUT2D eigenvalue weighted by atomic mass is 32.2. The fourth-order valence-electron chi connectivity index (χ4n) is 2.91. The number of furan rings is 1. The lowest BCUT2D eigenvalue weighted by Gasteiger charge is -2.12. The van der Waals surface area contributed by atoms with Gasteiger partial charge < -0.3 is 14.3 Å². The molecule has 0 saturated carbocycles. The third-order valence-corrected chi connectivity index (χ3v) is 5.58. The number of rotatable bonds is 5. The van der Waals surface area contributed by atoms with E-state index in [1.807, 2.05) is 0 Å². The molecule has 2 aromatic heterocycles. The predicted molar refractivity (Wildman–Crippen MR) is 99.0 cm³/mol. The van der Waals surface area contributed by atoms with Gasteiger partial charge in [0, 0.05) is 11.6 Å². The fourth-order valence-corrected chi connectivity index (χ4v) is 4.38. The number of benzene rings is 1. The Morgan fingerprint density at radius 1 is 1.21 bits per heavy atom. The standard InChI is InChI=1S/C18H16N2O7S/c1-9-14(18(23)26-3)16(10(2)27-9)28(24,25)20-13-8-12(17(21)22)7-11-5-4-6-19-15(11)13/h4-8,20H,1-3H3,(H,21,22). The van der Waals surface area contributed by atoms with Crippen LogP contribution >= 0.6 is 0 Å². The topological polar surface area (TPSA) is 136 Å². The van der Waals surface area contributed by atoms with Crippen molar-refractivity contribution in [1.82, 2.24) is 4.98 Å². The number of aromatic nitrogens is 1. The largest absolute Gasteiger partial charge is 0.478 e. The minimum atomic E-state index is -4.32. The number of ether oxygens (including phenoxy) is 1. The molecule has 0 aliphatic rings. The first-order chi connectivity index (χ1) is 13.2. The zero-order chi connectivity index (χ0) is 20.6. The number of methoxy groups -OCH3 is 1. The molecule has 1 aromatic carbocycles. The third kappa shape index (κ3) is 3.29. The Bertz CT molecular complexity index is 1210. The van der Waals surface area contributed by atoms with Crippen molar-refractivity contribution in [3.05, 3.63) is 53.1 Å². The molecule has 0 spiro atoms. The molecule has 0 aliphatic heterocycles. The number of nitrogens with zero attached hydrogens (tertiary/aromatic N) is 1. The molecular formula is C18H16N2O7S. The molecule has 2 heterocycles. The Balaban J connectivity index is 2.20. The number of pyridine rings is 1. The SMILES string of the molecule is COC(=O)c1c(C)oc(C)c1S(=O)(=O)Nc1cc(C(=O)O)cc2cccnc12.